The molecule has 0 radical (unpaired) electrons. The Morgan fingerprint density at radius 2 is 1.61 bits per heavy atom. The molecule has 2 aromatic rings. The predicted octanol–water partition coefficient (Wildman–Crippen LogP) is 4.63. The van der Waals surface area contributed by atoms with E-state index in [-0.39, 0.29) is 30.6 Å². The molecule has 0 aliphatic carbocycles. The SMILES string of the molecule is CC(c1ccccc1)N(C)C(=O)CCC(=O)c1ccc(Br)cc1. The van der Waals surface area contributed by atoms with Gasteiger partial charge in [-0.2, -0.15) is 0 Å². The van der Waals surface area contributed by atoms with Crippen LogP contribution in [0.25, 0.3) is 0 Å². The van der Waals surface area contributed by atoms with E-state index in [4.69, 9.17) is 0 Å². The summed E-state index contributed by atoms with van der Waals surface area (Å²) in [5.74, 6) is -0.0292. The van der Waals surface area contributed by atoms with Crippen LogP contribution in [0.4, 0.5) is 0 Å². The van der Waals surface area contributed by atoms with Gasteiger partial charge in [0.1, 0.15) is 0 Å². The van der Waals surface area contributed by atoms with Crippen molar-refractivity contribution in [2.75, 3.05) is 7.05 Å². The number of rotatable bonds is 6. The molecule has 2 aromatic carbocycles. The average Bonchev–Trinajstić information content (AvgIpc) is 2.59. The van der Waals surface area contributed by atoms with E-state index in [2.05, 4.69) is 15.9 Å². The number of carbonyl (C=O) groups excluding carboxylic acids is 2. The Morgan fingerprint density at radius 1 is 1.00 bits per heavy atom. The van der Waals surface area contributed by atoms with E-state index in [1.54, 1.807) is 24.1 Å². The highest BCUT2D eigenvalue weighted by molar-refractivity contribution is 9.10. The average molecular weight is 374 g/mol. The number of halogens is 1. The molecule has 1 atom stereocenters. The summed E-state index contributed by atoms with van der Waals surface area (Å²) in [6.07, 6.45) is 0.453. The molecular formula is C19H20BrNO2. The number of carbonyl (C=O) groups is 2. The Balaban J connectivity index is 1.91. The van der Waals surface area contributed by atoms with Crippen molar-refractivity contribution in [2.24, 2.45) is 0 Å². The first-order valence-electron chi connectivity index (χ1n) is 7.58. The van der Waals surface area contributed by atoms with Crippen molar-refractivity contribution in [1.82, 2.24) is 4.90 Å². The first kappa shape index (κ1) is 17.4. The van der Waals surface area contributed by atoms with E-state index in [1.807, 2.05) is 49.4 Å². The molecule has 0 N–H and O–H groups in total. The van der Waals surface area contributed by atoms with Crippen LogP contribution in [-0.2, 0) is 4.79 Å². The number of benzene rings is 2. The summed E-state index contributed by atoms with van der Waals surface area (Å²) in [4.78, 5) is 26.1. The molecule has 0 aliphatic heterocycles. The topological polar surface area (TPSA) is 37.4 Å². The summed E-state index contributed by atoms with van der Waals surface area (Å²) in [7, 11) is 1.78. The zero-order valence-electron chi connectivity index (χ0n) is 13.3. The minimum absolute atomic E-state index is 0.00776. The molecule has 0 saturated carbocycles. The molecule has 1 unspecified atom stereocenters. The molecule has 1 amide bonds. The molecule has 0 saturated heterocycles. The Bertz CT molecular complexity index is 668. The largest absolute Gasteiger partial charge is 0.339 e. The van der Waals surface area contributed by atoms with Crippen LogP contribution >= 0.6 is 15.9 Å². The molecule has 0 heterocycles. The van der Waals surface area contributed by atoms with E-state index >= 15 is 0 Å². The second-order valence-electron chi connectivity index (χ2n) is 5.52. The number of hydrogen-bond donors (Lipinski definition) is 0. The van der Waals surface area contributed by atoms with Crippen molar-refractivity contribution in [2.45, 2.75) is 25.8 Å². The highest BCUT2D eigenvalue weighted by Crippen LogP contribution is 2.20. The van der Waals surface area contributed by atoms with Crippen molar-refractivity contribution in [3.8, 4) is 0 Å². The lowest BCUT2D eigenvalue weighted by molar-refractivity contribution is -0.131. The summed E-state index contributed by atoms with van der Waals surface area (Å²) in [5.41, 5.74) is 1.72. The smallest absolute Gasteiger partial charge is 0.223 e. The molecule has 3 nitrogen and oxygen atoms in total. The quantitative estimate of drug-likeness (QED) is 0.692. The summed E-state index contributed by atoms with van der Waals surface area (Å²) in [6, 6.07) is 17.1. The minimum Gasteiger partial charge on any atom is -0.339 e. The molecule has 0 aliphatic rings. The Kier molecular flexibility index (Phi) is 6.11. The third-order valence-electron chi connectivity index (χ3n) is 3.99. The van der Waals surface area contributed by atoms with Gasteiger partial charge in [0.25, 0.3) is 0 Å². The first-order valence-corrected chi connectivity index (χ1v) is 8.37. The van der Waals surface area contributed by atoms with Crippen LogP contribution in [0.5, 0.6) is 0 Å². The van der Waals surface area contributed by atoms with Gasteiger partial charge in [-0.15, -0.1) is 0 Å². The first-order chi connectivity index (χ1) is 11.0. The van der Waals surface area contributed by atoms with Crippen molar-refractivity contribution in [1.29, 1.82) is 0 Å². The normalized spacial score (nSPS) is 11.8. The van der Waals surface area contributed by atoms with Crippen LogP contribution in [0.2, 0.25) is 0 Å². The molecule has 23 heavy (non-hydrogen) atoms. The molecule has 4 heteroatoms. The molecule has 0 spiro atoms. The van der Waals surface area contributed by atoms with Gasteiger partial charge in [-0.25, -0.2) is 0 Å². The second-order valence-corrected chi connectivity index (χ2v) is 6.44. The Hall–Kier alpha value is -1.94. The zero-order valence-corrected chi connectivity index (χ0v) is 14.9. The fraction of sp³-hybridized carbons (Fsp3) is 0.263. The van der Waals surface area contributed by atoms with Gasteiger partial charge < -0.3 is 4.90 Å². The number of ketones is 1. The van der Waals surface area contributed by atoms with Crippen molar-refractivity contribution < 1.29 is 9.59 Å². The molecule has 0 fully saturated rings. The van der Waals surface area contributed by atoms with Crippen molar-refractivity contribution >= 4 is 27.6 Å². The van der Waals surface area contributed by atoms with Crippen LogP contribution in [0.15, 0.2) is 59.1 Å². The van der Waals surface area contributed by atoms with Gasteiger partial charge in [-0.3, -0.25) is 9.59 Å². The predicted molar refractivity (Wildman–Crippen MR) is 95.3 cm³/mol. The number of nitrogens with zero attached hydrogens (tertiary/aromatic N) is 1. The number of amides is 1. The molecule has 2 rings (SSSR count). The lowest BCUT2D eigenvalue weighted by atomic mass is 10.0. The molecule has 0 bridgehead atoms. The van der Waals surface area contributed by atoms with E-state index < -0.39 is 0 Å². The Labute approximate surface area is 145 Å². The fourth-order valence-corrected chi connectivity index (χ4v) is 2.61. The Morgan fingerprint density at radius 3 is 2.22 bits per heavy atom. The number of Topliss-reactive ketones (excluding diaryl/α,β-unsaturated/α-hetero) is 1. The highest BCUT2D eigenvalue weighted by atomic mass is 79.9. The maximum Gasteiger partial charge on any atom is 0.223 e. The molecule has 120 valence electrons. The van der Waals surface area contributed by atoms with E-state index in [1.165, 1.54) is 0 Å². The van der Waals surface area contributed by atoms with Crippen LogP contribution in [0.1, 0.15) is 41.7 Å². The number of hydrogen-bond acceptors (Lipinski definition) is 2. The van der Waals surface area contributed by atoms with Crippen LogP contribution < -0.4 is 0 Å². The van der Waals surface area contributed by atoms with E-state index in [9.17, 15) is 9.59 Å². The van der Waals surface area contributed by atoms with Gasteiger partial charge >= 0.3 is 0 Å². The molecular weight excluding hydrogens is 354 g/mol. The van der Waals surface area contributed by atoms with Gasteiger partial charge in [0.15, 0.2) is 5.78 Å². The second kappa shape index (κ2) is 8.06. The van der Waals surface area contributed by atoms with Crippen molar-refractivity contribution in [3.05, 3.63) is 70.2 Å². The van der Waals surface area contributed by atoms with Crippen LogP contribution in [0, 0.1) is 0 Å². The van der Waals surface area contributed by atoms with Gasteiger partial charge in [0.2, 0.25) is 5.91 Å². The maximum atomic E-state index is 12.3. The lowest BCUT2D eigenvalue weighted by Crippen LogP contribution is -2.29. The summed E-state index contributed by atoms with van der Waals surface area (Å²) >= 11 is 3.34. The summed E-state index contributed by atoms with van der Waals surface area (Å²) in [5, 5.41) is 0. The van der Waals surface area contributed by atoms with Gasteiger partial charge in [-0.05, 0) is 24.6 Å². The van der Waals surface area contributed by atoms with Crippen LogP contribution in [-0.4, -0.2) is 23.6 Å². The van der Waals surface area contributed by atoms with Gasteiger partial charge in [-0.1, -0.05) is 58.4 Å². The van der Waals surface area contributed by atoms with Crippen LogP contribution in [0.3, 0.4) is 0 Å². The lowest BCUT2D eigenvalue weighted by Gasteiger charge is -2.25. The summed E-state index contributed by atoms with van der Waals surface area (Å²) < 4.78 is 0.932. The van der Waals surface area contributed by atoms with Gasteiger partial charge in [0.05, 0.1) is 6.04 Å². The standard InChI is InChI=1S/C19H20BrNO2/c1-14(15-6-4-3-5-7-15)21(2)19(23)13-12-18(22)16-8-10-17(20)11-9-16/h3-11,14H,12-13H2,1-2H3. The third kappa shape index (κ3) is 4.76. The third-order valence-corrected chi connectivity index (χ3v) is 4.52. The maximum absolute atomic E-state index is 12.3. The van der Waals surface area contributed by atoms with E-state index in [0.29, 0.717) is 5.56 Å². The van der Waals surface area contributed by atoms with Crippen molar-refractivity contribution in [3.63, 3.8) is 0 Å². The van der Waals surface area contributed by atoms with Gasteiger partial charge in [0, 0.05) is 29.9 Å². The highest BCUT2D eigenvalue weighted by Gasteiger charge is 2.18. The minimum atomic E-state index is -0.0215. The van der Waals surface area contributed by atoms with E-state index in [0.717, 1.165) is 10.0 Å². The summed E-state index contributed by atoms with van der Waals surface area (Å²) in [6.45, 7) is 1.99. The zero-order chi connectivity index (χ0) is 16.8. The molecule has 0 aromatic heterocycles. The monoisotopic (exact) mass is 373 g/mol. The fourth-order valence-electron chi connectivity index (χ4n) is 2.35.